The molecule has 0 aromatic carbocycles. The maximum atomic E-state index is 12.6. The molecule has 0 aromatic heterocycles. The van der Waals surface area contributed by atoms with Crippen LogP contribution >= 0.6 is 0 Å². The standard InChI is InChI=1S/C14H25NO4/c1-6-10-8-19-9(2)7-15(10)12(16)11(13(17)18)14(3,4)5/h9-11H,6-8H2,1-5H3,(H,17,18). The number of carbonyl (C=O) groups excluding carboxylic acids is 1. The van der Waals surface area contributed by atoms with E-state index >= 15 is 0 Å². The molecule has 1 heterocycles. The molecule has 1 fully saturated rings. The lowest BCUT2D eigenvalue weighted by molar-refractivity contribution is -0.163. The number of hydrogen-bond donors (Lipinski definition) is 1. The van der Waals surface area contributed by atoms with Gasteiger partial charge in [-0.1, -0.05) is 27.7 Å². The lowest BCUT2D eigenvalue weighted by atomic mass is 9.79. The first-order valence-electron chi connectivity index (χ1n) is 6.83. The van der Waals surface area contributed by atoms with Crippen LogP contribution in [0.1, 0.15) is 41.0 Å². The van der Waals surface area contributed by atoms with Gasteiger partial charge in [-0.25, -0.2) is 0 Å². The van der Waals surface area contributed by atoms with Crippen LogP contribution in [0.5, 0.6) is 0 Å². The van der Waals surface area contributed by atoms with Crippen LogP contribution in [0.2, 0.25) is 0 Å². The van der Waals surface area contributed by atoms with Gasteiger partial charge in [0.05, 0.1) is 18.8 Å². The van der Waals surface area contributed by atoms with Gasteiger partial charge in [0.15, 0.2) is 0 Å². The summed E-state index contributed by atoms with van der Waals surface area (Å²) >= 11 is 0. The van der Waals surface area contributed by atoms with E-state index in [-0.39, 0.29) is 18.1 Å². The van der Waals surface area contributed by atoms with Crippen molar-refractivity contribution >= 4 is 11.9 Å². The topological polar surface area (TPSA) is 66.8 Å². The summed E-state index contributed by atoms with van der Waals surface area (Å²) in [7, 11) is 0. The summed E-state index contributed by atoms with van der Waals surface area (Å²) in [5, 5.41) is 9.36. The molecule has 1 aliphatic heterocycles. The minimum Gasteiger partial charge on any atom is -0.481 e. The van der Waals surface area contributed by atoms with E-state index in [2.05, 4.69) is 0 Å². The zero-order chi connectivity index (χ0) is 14.8. The quantitative estimate of drug-likeness (QED) is 0.794. The van der Waals surface area contributed by atoms with E-state index in [1.165, 1.54) is 0 Å². The van der Waals surface area contributed by atoms with Crippen LogP contribution in [0, 0.1) is 11.3 Å². The second-order valence-electron chi connectivity index (χ2n) is 6.33. The summed E-state index contributed by atoms with van der Waals surface area (Å²) in [6, 6.07) is -0.0205. The molecule has 1 amide bonds. The summed E-state index contributed by atoms with van der Waals surface area (Å²) < 4.78 is 5.55. The zero-order valence-electron chi connectivity index (χ0n) is 12.5. The average Bonchev–Trinajstić information content (AvgIpc) is 2.26. The van der Waals surface area contributed by atoms with Gasteiger partial charge in [0.25, 0.3) is 0 Å². The van der Waals surface area contributed by atoms with Gasteiger partial charge in [0.1, 0.15) is 5.92 Å². The van der Waals surface area contributed by atoms with Crippen LogP contribution in [0.4, 0.5) is 0 Å². The molecule has 3 unspecified atom stereocenters. The van der Waals surface area contributed by atoms with Crippen molar-refractivity contribution in [3.63, 3.8) is 0 Å². The predicted octanol–water partition coefficient (Wildman–Crippen LogP) is 1.76. The van der Waals surface area contributed by atoms with Crippen molar-refractivity contribution in [2.45, 2.75) is 53.2 Å². The number of carboxylic acid groups (broad SMARTS) is 1. The Labute approximate surface area is 114 Å². The highest BCUT2D eigenvalue weighted by Gasteiger charge is 2.43. The summed E-state index contributed by atoms with van der Waals surface area (Å²) in [5.74, 6) is -2.35. The number of carboxylic acids is 1. The Kier molecular flexibility index (Phi) is 4.96. The number of rotatable bonds is 3. The van der Waals surface area contributed by atoms with E-state index in [4.69, 9.17) is 4.74 Å². The predicted molar refractivity (Wildman–Crippen MR) is 71.8 cm³/mol. The maximum absolute atomic E-state index is 12.6. The van der Waals surface area contributed by atoms with Crippen molar-refractivity contribution in [3.05, 3.63) is 0 Å². The third-order valence-corrected chi connectivity index (χ3v) is 3.58. The van der Waals surface area contributed by atoms with Crippen molar-refractivity contribution in [1.82, 2.24) is 4.90 Å². The third kappa shape index (κ3) is 3.69. The number of nitrogens with zero attached hydrogens (tertiary/aromatic N) is 1. The Morgan fingerprint density at radius 1 is 1.42 bits per heavy atom. The largest absolute Gasteiger partial charge is 0.481 e. The van der Waals surface area contributed by atoms with Crippen molar-refractivity contribution in [2.24, 2.45) is 11.3 Å². The monoisotopic (exact) mass is 271 g/mol. The Bertz CT molecular complexity index is 348. The normalized spacial score (nSPS) is 26.1. The van der Waals surface area contributed by atoms with Crippen LogP contribution in [0.25, 0.3) is 0 Å². The summed E-state index contributed by atoms with van der Waals surface area (Å²) in [6.07, 6.45) is 0.732. The molecule has 1 saturated heterocycles. The van der Waals surface area contributed by atoms with E-state index in [1.807, 2.05) is 13.8 Å². The lowest BCUT2D eigenvalue weighted by Crippen LogP contribution is -2.55. The molecule has 0 radical (unpaired) electrons. The van der Waals surface area contributed by atoms with Gasteiger partial charge in [-0.3, -0.25) is 9.59 Å². The highest BCUT2D eigenvalue weighted by molar-refractivity contribution is 5.98. The number of amides is 1. The first kappa shape index (κ1) is 16.0. The van der Waals surface area contributed by atoms with E-state index in [9.17, 15) is 14.7 Å². The summed E-state index contributed by atoms with van der Waals surface area (Å²) in [6.45, 7) is 10.2. The zero-order valence-corrected chi connectivity index (χ0v) is 12.5. The van der Waals surface area contributed by atoms with E-state index in [1.54, 1.807) is 25.7 Å². The lowest BCUT2D eigenvalue weighted by Gasteiger charge is -2.41. The molecule has 19 heavy (non-hydrogen) atoms. The van der Waals surface area contributed by atoms with Crippen LogP contribution in [-0.2, 0) is 14.3 Å². The number of ether oxygens (including phenoxy) is 1. The molecule has 0 saturated carbocycles. The Balaban J connectivity index is 2.97. The van der Waals surface area contributed by atoms with Crippen molar-refractivity contribution < 1.29 is 19.4 Å². The minimum absolute atomic E-state index is 0.0205. The molecular weight excluding hydrogens is 246 g/mol. The van der Waals surface area contributed by atoms with Crippen LogP contribution in [0.15, 0.2) is 0 Å². The van der Waals surface area contributed by atoms with Crippen molar-refractivity contribution in [2.75, 3.05) is 13.2 Å². The average molecular weight is 271 g/mol. The second kappa shape index (κ2) is 5.90. The highest BCUT2D eigenvalue weighted by atomic mass is 16.5. The third-order valence-electron chi connectivity index (χ3n) is 3.58. The Morgan fingerprint density at radius 3 is 2.42 bits per heavy atom. The van der Waals surface area contributed by atoms with Gasteiger partial charge >= 0.3 is 5.97 Å². The minimum atomic E-state index is -1.05. The fourth-order valence-electron chi connectivity index (χ4n) is 2.46. The first-order valence-corrected chi connectivity index (χ1v) is 6.83. The van der Waals surface area contributed by atoms with E-state index < -0.39 is 17.3 Å². The molecule has 0 aliphatic carbocycles. The van der Waals surface area contributed by atoms with Crippen LogP contribution in [-0.4, -0.2) is 47.2 Å². The fraction of sp³-hybridized carbons (Fsp3) is 0.857. The molecule has 3 atom stereocenters. The maximum Gasteiger partial charge on any atom is 0.316 e. The van der Waals surface area contributed by atoms with E-state index in [0.29, 0.717) is 13.2 Å². The van der Waals surface area contributed by atoms with Gasteiger partial charge in [-0.2, -0.15) is 0 Å². The number of carbonyl (C=O) groups is 2. The number of aliphatic carboxylic acids is 1. The second-order valence-corrected chi connectivity index (χ2v) is 6.33. The number of morpholine rings is 1. The van der Waals surface area contributed by atoms with Crippen LogP contribution < -0.4 is 0 Å². The molecule has 1 aliphatic rings. The molecular formula is C14H25NO4. The van der Waals surface area contributed by atoms with Crippen molar-refractivity contribution in [3.8, 4) is 0 Å². The highest BCUT2D eigenvalue weighted by Crippen LogP contribution is 2.30. The summed E-state index contributed by atoms with van der Waals surface area (Å²) in [4.78, 5) is 25.7. The molecule has 110 valence electrons. The smallest absolute Gasteiger partial charge is 0.316 e. The molecule has 1 N–H and O–H groups in total. The molecule has 1 rings (SSSR count). The fourth-order valence-corrected chi connectivity index (χ4v) is 2.46. The van der Waals surface area contributed by atoms with E-state index in [0.717, 1.165) is 6.42 Å². The van der Waals surface area contributed by atoms with Gasteiger partial charge in [0.2, 0.25) is 5.91 Å². The SMILES string of the molecule is CCC1COC(C)CN1C(=O)C(C(=O)O)C(C)(C)C. The van der Waals surface area contributed by atoms with Crippen LogP contribution in [0.3, 0.4) is 0 Å². The molecule has 5 heteroatoms. The molecule has 0 bridgehead atoms. The Hall–Kier alpha value is -1.10. The summed E-state index contributed by atoms with van der Waals surface area (Å²) in [5.41, 5.74) is -0.594. The molecule has 5 nitrogen and oxygen atoms in total. The van der Waals surface area contributed by atoms with Gasteiger partial charge < -0.3 is 14.7 Å². The first-order chi connectivity index (χ1) is 8.68. The van der Waals surface area contributed by atoms with Gasteiger partial charge in [-0.15, -0.1) is 0 Å². The van der Waals surface area contributed by atoms with Gasteiger partial charge in [-0.05, 0) is 18.8 Å². The molecule has 0 spiro atoms. The van der Waals surface area contributed by atoms with Gasteiger partial charge in [0, 0.05) is 6.54 Å². The van der Waals surface area contributed by atoms with Crippen molar-refractivity contribution in [1.29, 1.82) is 0 Å². The Morgan fingerprint density at radius 2 is 2.00 bits per heavy atom. The number of hydrogen-bond acceptors (Lipinski definition) is 3. The molecule has 0 aromatic rings.